The first-order valence-corrected chi connectivity index (χ1v) is 7.61. The predicted molar refractivity (Wildman–Crippen MR) is 79.1 cm³/mol. The van der Waals surface area contributed by atoms with E-state index >= 15 is 0 Å². The first kappa shape index (κ1) is 13.5. The van der Waals surface area contributed by atoms with E-state index in [1.165, 1.54) is 6.20 Å². The van der Waals surface area contributed by atoms with Crippen molar-refractivity contribution in [3.8, 4) is 0 Å². The number of rotatable bonds is 2. The Morgan fingerprint density at radius 1 is 1.27 bits per heavy atom. The number of carbonyl (C=O) groups excluding carboxylic acids is 2. The van der Waals surface area contributed by atoms with Crippen molar-refractivity contribution in [3.05, 3.63) is 18.2 Å². The third-order valence-corrected chi connectivity index (χ3v) is 6.18. The number of carbonyl (C=O) groups is 2. The molecule has 2 saturated carbocycles. The van der Waals surface area contributed by atoms with Gasteiger partial charge < -0.3 is 4.98 Å². The minimum Gasteiger partial charge on any atom is -0.319 e. The number of fused-ring (bicyclic) bond motifs is 3. The van der Waals surface area contributed by atoms with Crippen molar-refractivity contribution in [1.29, 1.82) is 0 Å². The molecule has 6 nitrogen and oxygen atoms in total. The van der Waals surface area contributed by atoms with Crippen LogP contribution in [0, 0.1) is 22.7 Å². The van der Waals surface area contributed by atoms with Gasteiger partial charge in [-0.25, -0.2) is 15.0 Å². The van der Waals surface area contributed by atoms with Crippen molar-refractivity contribution < 1.29 is 9.59 Å². The molecule has 2 aromatic rings. The molecule has 0 radical (unpaired) electrons. The number of aromatic nitrogens is 4. The molecule has 114 valence electrons. The summed E-state index contributed by atoms with van der Waals surface area (Å²) in [6.07, 6.45) is 4.87. The van der Waals surface area contributed by atoms with Crippen molar-refractivity contribution in [3.63, 3.8) is 0 Å². The van der Waals surface area contributed by atoms with Gasteiger partial charge in [-0.1, -0.05) is 20.8 Å². The second-order valence-corrected chi connectivity index (χ2v) is 7.22. The van der Waals surface area contributed by atoms with Crippen LogP contribution in [0.1, 0.15) is 44.2 Å². The number of nitrogens with one attached hydrogen (secondary N) is 1. The molecule has 2 fully saturated rings. The maximum Gasteiger partial charge on any atom is 0.208 e. The summed E-state index contributed by atoms with van der Waals surface area (Å²) in [5.74, 6) is -0.445. The molecule has 2 aliphatic carbocycles. The van der Waals surface area contributed by atoms with Crippen molar-refractivity contribution in [2.45, 2.75) is 33.6 Å². The van der Waals surface area contributed by atoms with Gasteiger partial charge in [0.15, 0.2) is 22.9 Å². The molecular weight excluding hydrogens is 280 g/mol. The van der Waals surface area contributed by atoms with E-state index in [4.69, 9.17) is 0 Å². The average Bonchev–Trinajstić information content (AvgIpc) is 3.05. The third kappa shape index (κ3) is 1.42. The molecule has 0 spiro atoms. The van der Waals surface area contributed by atoms with Gasteiger partial charge in [0.1, 0.15) is 0 Å². The Morgan fingerprint density at radius 3 is 2.64 bits per heavy atom. The van der Waals surface area contributed by atoms with Crippen LogP contribution >= 0.6 is 0 Å². The molecule has 0 amide bonds. The first-order chi connectivity index (χ1) is 10.4. The van der Waals surface area contributed by atoms with E-state index in [0.29, 0.717) is 11.3 Å². The summed E-state index contributed by atoms with van der Waals surface area (Å²) in [6.45, 7) is 6.22. The van der Waals surface area contributed by atoms with Gasteiger partial charge in [-0.3, -0.25) is 9.59 Å². The van der Waals surface area contributed by atoms with Gasteiger partial charge in [-0.2, -0.15) is 0 Å². The Kier molecular flexibility index (Phi) is 2.46. The molecule has 3 unspecified atom stereocenters. The SMILES string of the molecule is CC12CCC(C(C(=O)c3nc4nccnc4[nH]3)C1=O)C2(C)C. The Bertz CT molecular complexity index is 776. The normalized spacial score (nSPS) is 32.8. The van der Waals surface area contributed by atoms with E-state index in [1.807, 2.05) is 6.92 Å². The topological polar surface area (TPSA) is 88.6 Å². The Labute approximate surface area is 127 Å². The van der Waals surface area contributed by atoms with E-state index in [9.17, 15) is 9.59 Å². The van der Waals surface area contributed by atoms with E-state index in [1.54, 1.807) is 6.20 Å². The zero-order valence-electron chi connectivity index (χ0n) is 12.9. The van der Waals surface area contributed by atoms with E-state index in [-0.39, 0.29) is 28.7 Å². The van der Waals surface area contributed by atoms with Gasteiger partial charge >= 0.3 is 0 Å². The molecule has 6 heteroatoms. The summed E-state index contributed by atoms with van der Waals surface area (Å²) in [5, 5.41) is 0. The lowest BCUT2D eigenvalue weighted by Crippen LogP contribution is -2.35. The van der Waals surface area contributed by atoms with E-state index in [0.717, 1.165) is 12.8 Å². The standard InChI is InChI=1S/C16H18N4O2/c1-15(2)8-4-5-16(15,3)11(22)9(8)10(21)12-19-13-14(20-12)18-7-6-17-13/h6-9H,4-5H2,1-3H3,(H,17,18,19,20). The van der Waals surface area contributed by atoms with Crippen LogP contribution < -0.4 is 0 Å². The highest BCUT2D eigenvalue weighted by Gasteiger charge is 2.68. The maximum absolute atomic E-state index is 12.9. The van der Waals surface area contributed by atoms with Crippen LogP contribution in [-0.4, -0.2) is 31.5 Å². The van der Waals surface area contributed by atoms with Crippen LogP contribution in [0.5, 0.6) is 0 Å². The molecule has 22 heavy (non-hydrogen) atoms. The Morgan fingerprint density at radius 2 is 2.00 bits per heavy atom. The molecule has 2 aromatic heterocycles. The number of ketones is 2. The average molecular weight is 298 g/mol. The largest absolute Gasteiger partial charge is 0.319 e. The zero-order valence-corrected chi connectivity index (χ0v) is 12.9. The van der Waals surface area contributed by atoms with E-state index < -0.39 is 11.3 Å². The fourth-order valence-electron chi connectivity index (χ4n) is 4.40. The second-order valence-electron chi connectivity index (χ2n) is 7.22. The van der Waals surface area contributed by atoms with Crippen molar-refractivity contribution in [1.82, 2.24) is 19.9 Å². The molecular formula is C16H18N4O2. The van der Waals surface area contributed by atoms with Crippen LogP contribution in [0.4, 0.5) is 0 Å². The maximum atomic E-state index is 12.9. The minimum atomic E-state index is -0.589. The quantitative estimate of drug-likeness (QED) is 0.678. The summed E-state index contributed by atoms with van der Waals surface area (Å²) in [5.41, 5.74) is 0.340. The second kappa shape index (κ2) is 4.00. The minimum absolute atomic E-state index is 0.0696. The molecule has 2 heterocycles. The molecule has 0 aromatic carbocycles. The Balaban J connectivity index is 1.76. The number of hydrogen-bond donors (Lipinski definition) is 1. The van der Waals surface area contributed by atoms with Crippen LogP contribution in [0.25, 0.3) is 11.3 Å². The number of hydrogen-bond acceptors (Lipinski definition) is 5. The van der Waals surface area contributed by atoms with Gasteiger partial charge in [0.2, 0.25) is 5.78 Å². The molecule has 0 aliphatic heterocycles. The van der Waals surface area contributed by atoms with Gasteiger partial charge in [0, 0.05) is 17.8 Å². The number of imidazole rings is 1. The summed E-state index contributed by atoms with van der Waals surface area (Å²) in [4.78, 5) is 41.0. The van der Waals surface area contributed by atoms with Crippen LogP contribution in [0.15, 0.2) is 12.4 Å². The van der Waals surface area contributed by atoms with Gasteiger partial charge in [0.25, 0.3) is 0 Å². The number of Topliss-reactive ketones (excluding diaryl/α,β-unsaturated/α-hetero) is 2. The Hall–Kier alpha value is -2.11. The van der Waals surface area contributed by atoms with Crippen LogP contribution in [-0.2, 0) is 4.79 Å². The van der Waals surface area contributed by atoms with Gasteiger partial charge in [0.05, 0.1) is 5.92 Å². The fourth-order valence-corrected chi connectivity index (χ4v) is 4.40. The van der Waals surface area contributed by atoms with Gasteiger partial charge in [-0.05, 0) is 24.2 Å². The van der Waals surface area contributed by atoms with E-state index in [2.05, 4.69) is 33.8 Å². The summed E-state index contributed by atoms with van der Waals surface area (Å²) >= 11 is 0. The third-order valence-electron chi connectivity index (χ3n) is 6.18. The first-order valence-electron chi connectivity index (χ1n) is 7.61. The molecule has 0 saturated heterocycles. The summed E-state index contributed by atoms with van der Waals surface area (Å²) in [6, 6.07) is 0. The molecule has 1 N–H and O–H groups in total. The highest BCUT2D eigenvalue weighted by Crippen LogP contribution is 2.66. The fraction of sp³-hybridized carbons (Fsp3) is 0.562. The summed E-state index contributed by atoms with van der Waals surface area (Å²) < 4.78 is 0. The summed E-state index contributed by atoms with van der Waals surface area (Å²) in [7, 11) is 0. The lowest BCUT2D eigenvalue weighted by atomic mass is 9.70. The van der Waals surface area contributed by atoms with Crippen LogP contribution in [0.2, 0.25) is 0 Å². The smallest absolute Gasteiger partial charge is 0.208 e. The van der Waals surface area contributed by atoms with Crippen molar-refractivity contribution >= 4 is 22.9 Å². The molecule has 3 atom stereocenters. The van der Waals surface area contributed by atoms with Crippen molar-refractivity contribution in [2.24, 2.45) is 22.7 Å². The molecule has 2 bridgehead atoms. The lowest BCUT2D eigenvalue weighted by molar-refractivity contribution is -0.130. The van der Waals surface area contributed by atoms with Crippen LogP contribution in [0.3, 0.4) is 0 Å². The van der Waals surface area contributed by atoms with Crippen molar-refractivity contribution in [2.75, 3.05) is 0 Å². The van der Waals surface area contributed by atoms with Gasteiger partial charge in [-0.15, -0.1) is 0 Å². The monoisotopic (exact) mass is 298 g/mol. The predicted octanol–water partition coefficient (Wildman–Crippen LogP) is 2.18. The number of aromatic amines is 1. The highest BCUT2D eigenvalue weighted by molar-refractivity contribution is 6.13. The highest BCUT2D eigenvalue weighted by atomic mass is 16.2. The molecule has 2 aliphatic rings. The number of H-pyrrole nitrogens is 1. The molecule has 4 rings (SSSR count). The number of nitrogens with zero attached hydrogens (tertiary/aromatic N) is 3. The zero-order chi connectivity index (χ0) is 15.7. The lowest BCUT2D eigenvalue weighted by Gasteiger charge is -2.32.